The van der Waals surface area contributed by atoms with E-state index in [0.717, 1.165) is 17.5 Å². The number of thiophene rings is 1. The van der Waals surface area contributed by atoms with Gasteiger partial charge in [0.15, 0.2) is 6.29 Å². The highest BCUT2D eigenvalue weighted by Gasteiger charge is 2.02. The molecule has 0 radical (unpaired) electrons. The molecule has 3 nitrogen and oxygen atoms in total. The molecule has 60 valence electrons. The zero-order valence-electron chi connectivity index (χ0n) is 6.15. The van der Waals surface area contributed by atoms with Crippen molar-refractivity contribution in [2.45, 2.75) is 0 Å². The fourth-order valence-corrected chi connectivity index (χ4v) is 1.60. The Morgan fingerprint density at radius 2 is 2.50 bits per heavy atom. The lowest BCUT2D eigenvalue weighted by Crippen LogP contribution is -1.75. The third kappa shape index (κ3) is 1.16. The summed E-state index contributed by atoms with van der Waals surface area (Å²) in [7, 11) is 0. The summed E-state index contributed by atoms with van der Waals surface area (Å²) in [5, 5.41) is 10.6. The summed E-state index contributed by atoms with van der Waals surface area (Å²) in [6, 6.07) is 3.70. The van der Waals surface area contributed by atoms with Gasteiger partial charge in [-0.15, -0.1) is 0 Å². The van der Waals surface area contributed by atoms with E-state index in [0.29, 0.717) is 5.69 Å². The van der Waals surface area contributed by atoms with Crippen LogP contribution < -0.4 is 0 Å². The Labute approximate surface area is 73.1 Å². The lowest BCUT2D eigenvalue weighted by molar-refractivity contribution is 0.111. The molecule has 0 amide bonds. The van der Waals surface area contributed by atoms with Crippen LogP contribution in [-0.2, 0) is 0 Å². The summed E-state index contributed by atoms with van der Waals surface area (Å²) in [4.78, 5) is 10.3. The van der Waals surface area contributed by atoms with Crippen LogP contribution >= 0.6 is 11.3 Å². The molecule has 0 bridgehead atoms. The number of nitrogens with zero attached hydrogens (tertiary/aromatic N) is 1. The number of hydrogen-bond donors (Lipinski definition) is 1. The average molecular weight is 178 g/mol. The molecule has 4 heteroatoms. The van der Waals surface area contributed by atoms with Gasteiger partial charge in [0.1, 0.15) is 0 Å². The molecule has 0 unspecified atom stereocenters. The van der Waals surface area contributed by atoms with Crippen molar-refractivity contribution in [1.82, 2.24) is 10.2 Å². The highest BCUT2D eigenvalue weighted by Crippen LogP contribution is 2.19. The van der Waals surface area contributed by atoms with Gasteiger partial charge >= 0.3 is 0 Å². The SMILES string of the molecule is O=Cc1cc(-c2ccsc2)n[nH]1. The average Bonchev–Trinajstić information content (AvgIpc) is 2.75. The molecule has 0 fully saturated rings. The summed E-state index contributed by atoms with van der Waals surface area (Å²) >= 11 is 1.61. The van der Waals surface area contributed by atoms with Gasteiger partial charge in [-0.05, 0) is 17.5 Å². The Morgan fingerprint density at radius 3 is 3.08 bits per heavy atom. The van der Waals surface area contributed by atoms with Gasteiger partial charge in [0.2, 0.25) is 0 Å². The van der Waals surface area contributed by atoms with Gasteiger partial charge in [-0.25, -0.2) is 0 Å². The van der Waals surface area contributed by atoms with Crippen LogP contribution in [0.3, 0.4) is 0 Å². The number of H-pyrrole nitrogens is 1. The third-order valence-electron chi connectivity index (χ3n) is 1.54. The molecule has 0 saturated carbocycles. The van der Waals surface area contributed by atoms with Crippen LogP contribution in [0.25, 0.3) is 11.3 Å². The van der Waals surface area contributed by atoms with Crippen LogP contribution in [0.4, 0.5) is 0 Å². The van der Waals surface area contributed by atoms with Crippen molar-refractivity contribution in [3.8, 4) is 11.3 Å². The molecule has 0 aliphatic heterocycles. The number of aromatic nitrogens is 2. The highest BCUT2D eigenvalue weighted by molar-refractivity contribution is 7.08. The molecule has 12 heavy (non-hydrogen) atoms. The van der Waals surface area contributed by atoms with Crippen molar-refractivity contribution in [2.24, 2.45) is 0 Å². The van der Waals surface area contributed by atoms with Gasteiger partial charge in [-0.2, -0.15) is 16.4 Å². The topological polar surface area (TPSA) is 45.8 Å². The molecule has 0 atom stereocenters. The van der Waals surface area contributed by atoms with E-state index in [-0.39, 0.29) is 0 Å². The van der Waals surface area contributed by atoms with Crippen LogP contribution in [-0.4, -0.2) is 16.5 Å². The Hall–Kier alpha value is -1.42. The second kappa shape index (κ2) is 2.91. The summed E-state index contributed by atoms with van der Waals surface area (Å²) in [5.41, 5.74) is 2.37. The van der Waals surface area contributed by atoms with E-state index in [1.165, 1.54) is 0 Å². The Kier molecular flexibility index (Phi) is 1.75. The first-order valence-corrected chi connectivity index (χ1v) is 4.37. The molecule has 2 rings (SSSR count). The van der Waals surface area contributed by atoms with E-state index in [4.69, 9.17) is 0 Å². The fourth-order valence-electron chi connectivity index (χ4n) is 0.955. The van der Waals surface area contributed by atoms with Gasteiger partial charge < -0.3 is 0 Å². The standard InChI is InChI=1S/C8H6N2OS/c11-4-7-3-8(10-9-7)6-1-2-12-5-6/h1-5H,(H,9,10). The van der Waals surface area contributed by atoms with Gasteiger partial charge in [0.25, 0.3) is 0 Å². The minimum atomic E-state index is 0.510. The maximum Gasteiger partial charge on any atom is 0.167 e. The van der Waals surface area contributed by atoms with Crippen LogP contribution in [0.15, 0.2) is 22.9 Å². The number of carbonyl (C=O) groups excluding carboxylic acids is 1. The Bertz CT molecular complexity index is 377. The molecule has 0 aliphatic rings. The summed E-state index contributed by atoms with van der Waals surface area (Å²) in [5.74, 6) is 0. The van der Waals surface area contributed by atoms with Gasteiger partial charge in [0, 0.05) is 10.9 Å². The van der Waals surface area contributed by atoms with E-state index in [1.54, 1.807) is 17.4 Å². The van der Waals surface area contributed by atoms with Crippen LogP contribution in [0.5, 0.6) is 0 Å². The number of aldehydes is 1. The lowest BCUT2D eigenvalue weighted by Gasteiger charge is -1.83. The second-order valence-corrected chi connectivity index (χ2v) is 3.12. The van der Waals surface area contributed by atoms with Crippen molar-refractivity contribution in [3.05, 3.63) is 28.6 Å². The van der Waals surface area contributed by atoms with E-state index in [1.807, 2.05) is 16.8 Å². The largest absolute Gasteiger partial charge is 0.296 e. The first kappa shape index (κ1) is 7.24. The van der Waals surface area contributed by atoms with E-state index in [2.05, 4.69) is 10.2 Å². The molecule has 1 N–H and O–H groups in total. The number of nitrogens with one attached hydrogen (secondary N) is 1. The molecule has 2 heterocycles. The van der Waals surface area contributed by atoms with E-state index >= 15 is 0 Å². The molecule has 0 spiro atoms. The minimum absolute atomic E-state index is 0.510. The van der Waals surface area contributed by atoms with Gasteiger partial charge in [-0.1, -0.05) is 0 Å². The van der Waals surface area contributed by atoms with E-state index < -0.39 is 0 Å². The van der Waals surface area contributed by atoms with E-state index in [9.17, 15) is 4.79 Å². The smallest absolute Gasteiger partial charge is 0.167 e. The Morgan fingerprint density at radius 1 is 1.58 bits per heavy atom. The third-order valence-corrected chi connectivity index (χ3v) is 2.22. The quantitative estimate of drug-likeness (QED) is 0.714. The predicted octanol–water partition coefficient (Wildman–Crippen LogP) is 1.95. The monoisotopic (exact) mass is 178 g/mol. The predicted molar refractivity (Wildman–Crippen MR) is 47.3 cm³/mol. The summed E-state index contributed by atoms with van der Waals surface area (Å²) in [6.45, 7) is 0. The normalized spacial score (nSPS) is 10.0. The van der Waals surface area contributed by atoms with Gasteiger partial charge in [0.05, 0.1) is 11.4 Å². The highest BCUT2D eigenvalue weighted by atomic mass is 32.1. The number of aromatic amines is 1. The number of carbonyl (C=O) groups is 1. The van der Waals surface area contributed by atoms with Crippen molar-refractivity contribution in [1.29, 1.82) is 0 Å². The van der Waals surface area contributed by atoms with Crippen molar-refractivity contribution in [2.75, 3.05) is 0 Å². The first-order chi connectivity index (χ1) is 5.90. The van der Waals surface area contributed by atoms with Crippen LogP contribution in [0, 0.1) is 0 Å². The molecule has 2 aromatic heterocycles. The first-order valence-electron chi connectivity index (χ1n) is 3.43. The number of hydrogen-bond acceptors (Lipinski definition) is 3. The Balaban J connectivity index is 2.41. The van der Waals surface area contributed by atoms with Crippen molar-refractivity contribution in [3.63, 3.8) is 0 Å². The molecular weight excluding hydrogens is 172 g/mol. The molecular formula is C8H6N2OS. The lowest BCUT2D eigenvalue weighted by atomic mass is 10.2. The fraction of sp³-hybridized carbons (Fsp3) is 0. The molecule has 2 aromatic rings. The molecule has 0 saturated heterocycles. The van der Waals surface area contributed by atoms with Gasteiger partial charge in [-0.3, -0.25) is 9.89 Å². The molecule has 0 aliphatic carbocycles. The second-order valence-electron chi connectivity index (χ2n) is 2.34. The summed E-state index contributed by atoms with van der Waals surface area (Å²) < 4.78 is 0. The van der Waals surface area contributed by atoms with Crippen molar-refractivity contribution >= 4 is 17.6 Å². The van der Waals surface area contributed by atoms with Crippen molar-refractivity contribution < 1.29 is 4.79 Å². The molecule has 0 aromatic carbocycles. The minimum Gasteiger partial charge on any atom is -0.296 e. The summed E-state index contributed by atoms with van der Waals surface area (Å²) in [6.07, 6.45) is 0.753. The maximum absolute atomic E-state index is 10.3. The zero-order chi connectivity index (χ0) is 8.39. The maximum atomic E-state index is 10.3. The van der Waals surface area contributed by atoms with Crippen LogP contribution in [0.2, 0.25) is 0 Å². The van der Waals surface area contributed by atoms with Crippen LogP contribution in [0.1, 0.15) is 10.5 Å². The zero-order valence-corrected chi connectivity index (χ0v) is 6.97. The number of rotatable bonds is 2.